The van der Waals surface area contributed by atoms with E-state index in [2.05, 4.69) is 35.6 Å². The Balaban J connectivity index is 1.65. The molecule has 2 aromatic carbocycles. The Morgan fingerprint density at radius 3 is 2.09 bits per heavy atom. The third-order valence-corrected chi connectivity index (χ3v) is 13.2. The van der Waals surface area contributed by atoms with E-state index in [0.29, 0.717) is 70.4 Å². The van der Waals surface area contributed by atoms with E-state index in [1.54, 1.807) is 17.2 Å². The molecule has 390 valence electrons. The van der Waals surface area contributed by atoms with Crippen LogP contribution in [-0.2, 0) is 49.4 Å². The standard InChI is InChI=1S/C49H74F2N6O11SSi/c1-49(2,3)46(42-29-37(39-30-38(50)13-14-40(39)51)33-56(42)32-36-11-8-7-9-12-36)57(18-10-16-54-48(63)68-27-28-70(4,5)6)45(60)35-69-34-41(47(61)62)55-43(58)15-19-64-21-23-66-25-26-67-24-22-65-20-17-53-44(59)31-52/h7-9,11-14,29-30,33,41,46H,10,15-28,31-32,34-35,52H2,1-6H3,(H,53,59)(H,54,63)(H,55,58)(H,61,62)/t41-,46-/m0/s1. The Kier molecular flexibility index (Phi) is 26.7. The second-order valence-electron chi connectivity index (χ2n) is 18.7. The lowest BCUT2D eigenvalue weighted by Crippen LogP contribution is -2.45. The van der Waals surface area contributed by atoms with Crippen LogP contribution in [0, 0.1) is 17.0 Å². The van der Waals surface area contributed by atoms with Crippen molar-refractivity contribution in [1.29, 1.82) is 0 Å². The number of hydrogen-bond donors (Lipinski definition) is 5. The number of carbonyl (C=O) groups excluding carboxylic acids is 4. The minimum atomic E-state index is -1.43. The fraction of sp³-hybridized carbons (Fsp3) is 0.571. The molecule has 17 nitrogen and oxygen atoms in total. The normalized spacial score (nSPS) is 12.5. The summed E-state index contributed by atoms with van der Waals surface area (Å²) in [4.78, 5) is 65.0. The van der Waals surface area contributed by atoms with Gasteiger partial charge in [-0.15, -0.1) is 11.8 Å². The summed E-state index contributed by atoms with van der Waals surface area (Å²) >= 11 is 1.06. The summed E-state index contributed by atoms with van der Waals surface area (Å²) in [6.07, 6.45) is 1.44. The van der Waals surface area contributed by atoms with Crippen LogP contribution >= 0.6 is 11.8 Å². The van der Waals surface area contributed by atoms with E-state index in [1.165, 1.54) is 0 Å². The molecule has 0 saturated heterocycles. The van der Waals surface area contributed by atoms with Crippen LogP contribution in [0.2, 0.25) is 25.7 Å². The van der Waals surface area contributed by atoms with Gasteiger partial charge in [-0.25, -0.2) is 18.4 Å². The third kappa shape index (κ3) is 23.3. The zero-order valence-electron chi connectivity index (χ0n) is 41.5. The van der Waals surface area contributed by atoms with E-state index < -0.39 is 55.2 Å². The summed E-state index contributed by atoms with van der Waals surface area (Å²) in [5.41, 5.74) is 6.66. The molecule has 0 unspecified atom stereocenters. The number of halogens is 2. The summed E-state index contributed by atoms with van der Waals surface area (Å²) in [7, 11) is -1.43. The average molecular weight is 1020 g/mol. The summed E-state index contributed by atoms with van der Waals surface area (Å²) in [5, 5.41) is 17.9. The monoisotopic (exact) mass is 1020 g/mol. The van der Waals surface area contributed by atoms with Gasteiger partial charge in [0.25, 0.3) is 0 Å². The van der Waals surface area contributed by atoms with Gasteiger partial charge in [0.1, 0.15) is 17.7 Å². The zero-order valence-corrected chi connectivity index (χ0v) is 43.3. The molecule has 21 heteroatoms. The summed E-state index contributed by atoms with van der Waals surface area (Å²) in [6.45, 7) is 16.0. The number of hydrogen-bond acceptors (Lipinski definition) is 12. The van der Waals surface area contributed by atoms with E-state index >= 15 is 4.39 Å². The lowest BCUT2D eigenvalue weighted by atomic mass is 9.83. The number of benzene rings is 2. The molecule has 0 aliphatic carbocycles. The topological polar surface area (TPSA) is 222 Å². The minimum absolute atomic E-state index is 0.0283. The van der Waals surface area contributed by atoms with Crippen molar-refractivity contribution >= 4 is 49.6 Å². The van der Waals surface area contributed by atoms with E-state index in [9.17, 15) is 33.5 Å². The molecule has 0 aliphatic rings. The maximum Gasteiger partial charge on any atom is 0.407 e. The summed E-state index contributed by atoms with van der Waals surface area (Å²) < 4.78 is 58.9. The smallest absolute Gasteiger partial charge is 0.407 e. The molecule has 0 radical (unpaired) electrons. The number of nitrogens with one attached hydrogen (secondary N) is 3. The van der Waals surface area contributed by atoms with Crippen LogP contribution in [0.5, 0.6) is 0 Å². The van der Waals surface area contributed by atoms with E-state index in [-0.39, 0.29) is 74.8 Å². The van der Waals surface area contributed by atoms with Crippen molar-refractivity contribution in [3.63, 3.8) is 0 Å². The minimum Gasteiger partial charge on any atom is -0.480 e. The number of nitrogens with zero attached hydrogens (tertiary/aromatic N) is 2. The number of rotatable bonds is 34. The molecule has 3 aromatic rings. The van der Waals surface area contributed by atoms with Crippen LogP contribution in [-0.4, -0.2) is 156 Å². The first-order chi connectivity index (χ1) is 33.3. The molecule has 2 atom stereocenters. The van der Waals surface area contributed by atoms with Crippen LogP contribution in [0.3, 0.4) is 0 Å². The van der Waals surface area contributed by atoms with E-state index in [0.717, 1.165) is 41.6 Å². The second kappa shape index (κ2) is 31.4. The van der Waals surface area contributed by atoms with Gasteiger partial charge in [-0.2, -0.15) is 0 Å². The number of carboxylic acids is 1. The molecule has 0 aliphatic heterocycles. The molecule has 0 spiro atoms. The predicted molar refractivity (Wildman–Crippen MR) is 268 cm³/mol. The summed E-state index contributed by atoms with van der Waals surface area (Å²) in [5.74, 6) is -3.86. The molecular weight excluding hydrogens is 947 g/mol. The highest BCUT2D eigenvalue weighted by Crippen LogP contribution is 2.41. The van der Waals surface area contributed by atoms with Crippen LogP contribution in [0.15, 0.2) is 60.8 Å². The van der Waals surface area contributed by atoms with Crippen molar-refractivity contribution in [2.24, 2.45) is 11.1 Å². The van der Waals surface area contributed by atoms with Crippen molar-refractivity contribution in [1.82, 2.24) is 25.4 Å². The number of aliphatic carboxylic acids is 1. The largest absolute Gasteiger partial charge is 0.480 e. The van der Waals surface area contributed by atoms with Crippen LogP contribution < -0.4 is 21.7 Å². The first kappa shape index (κ1) is 59.4. The quantitative estimate of drug-likeness (QED) is 0.0359. The third-order valence-electron chi connectivity index (χ3n) is 10.5. The zero-order chi connectivity index (χ0) is 51.5. The first-order valence-corrected chi connectivity index (χ1v) is 28.4. The molecule has 4 amide bonds. The van der Waals surface area contributed by atoms with Gasteiger partial charge in [0.15, 0.2) is 0 Å². The summed E-state index contributed by atoms with van der Waals surface area (Å²) in [6, 6.07) is 13.5. The van der Waals surface area contributed by atoms with Gasteiger partial charge in [0.2, 0.25) is 17.7 Å². The molecule has 1 aromatic heterocycles. The van der Waals surface area contributed by atoms with Gasteiger partial charge >= 0.3 is 12.1 Å². The lowest BCUT2D eigenvalue weighted by molar-refractivity contribution is -0.141. The molecule has 6 N–H and O–H groups in total. The fourth-order valence-electron chi connectivity index (χ4n) is 7.00. The molecule has 1 heterocycles. The number of amides is 4. The predicted octanol–water partition coefficient (Wildman–Crippen LogP) is 5.69. The maximum absolute atomic E-state index is 15.3. The Hall–Kier alpha value is -4.90. The van der Waals surface area contributed by atoms with Gasteiger partial charge in [0.05, 0.1) is 77.8 Å². The number of alkyl carbamates (subject to hydrolysis) is 1. The van der Waals surface area contributed by atoms with Gasteiger partial charge in [-0.3, -0.25) is 14.4 Å². The first-order valence-electron chi connectivity index (χ1n) is 23.6. The Morgan fingerprint density at radius 1 is 0.829 bits per heavy atom. The number of ether oxygens (including phenoxy) is 5. The van der Waals surface area contributed by atoms with Gasteiger partial charge < -0.3 is 59.9 Å². The van der Waals surface area contributed by atoms with Crippen molar-refractivity contribution in [2.45, 2.75) is 77.9 Å². The van der Waals surface area contributed by atoms with Gasteiger partial charge in [-0.1, -0.05) is 70.7 Å². The van der Waals surface area contributed by atoms with Crippen molar-refractivity contribution < 1.29 is 61.5 Å². The SMILES string of the molecule is CC(C)(C)[C@H](c1cc(-c2cc(F)ccc2F)cn1Cc1ccccc1)N(CCCNC(=O)OCC[Si](C)(C)C)C(=O)CSC[C@H](NC(=O)CCOCCOCCOCCOCCNC(=O)CN)C(=O)O. The molecular formula is C49H74F2N6O11SSi. The number of carbonyl (C=O) groups is 5. The molecule has 0 fully saturated rings. The highest BCUT2D eigenvalue weighted by Gasteiger charge is 2.37. The highest BCUT2D eigenvalue weighted by molar-refractivity contribution is 8.00. The van der Waals surface area contributed by atoms with Crippen molar-refractivity contribution in [3.8, 4) is 11.1 Å². The van der Waals surface area contributed by atoms with Crippen molar-refractivity contribution in [2.75, 3.05) is 97.1 Å². The molecule has 0 saturated carbocycles. The van der Waals surface area contributed by atoms with E-state index in [1.807, 2.05) is 55.7 Å². The Bertz CT molecular complexity index is 2070. The van der Waals surface area contributed by atoms with Gasteiger partial charge in [0, 0.05) is 69.4 Å². The highest BCUT2D eigenvalue weighted by atomic mass is 32.2. The Labute approximate surface area is 416 Å². The number of nitrogens with two attached hydrogens (primary N) is 1. The van der Waals surface area contributed by atoms with Crippen LogP contribution in [0.4, 0.5) is 13.6 Å². The fourth-order valence-corrected chi connectivity index (χ4v) is 8.63. The molecule has 3 rings (SSSR count). The molecule has 0 bridgehead atoms. The number of aromatic nitrogens is 1. The average Bonchev–Trinajstić information content (AvgIpc) is 3.70. The maximum atomic E-state index is 15.3. The Morgan fingerprint density at radius 2 is 1.47 bits per heavy atom. The number of carboxylic acid groups (broad SMARTS) is 1. The molecule has 70 heavy (non-hydrogen) atoms. The second-order valence-corrected chi connectivity index (χ2v) is 25.4. The lowest BCUT2D eigenvalue weighted by Gasteiger charge is -2.41. The van der Waals surface area contributed by atoms with Gasteiger partial charge in [-0.05, 0) is 47.7 Å². The van der Waals surface area contributed by atoms with Crippen molar-refractivity contribution in [3.05, 3.63) is 83.7 Å². The van der Waals surface area contributed by atoms with E-state index in [4.69, 9.17) is 29.4 Å². The van der Waals surface area contributed by atoms with Crippen LogP contribution in [0.1, 0.15) is 50.9 Å². The van der Waals surface area contributed by atoms with Crippen LogP contribution in [0.25, 0.3) is 11.1 Å². The number of thioether (sulfide) groups is 1.